The molecular formula is C19H26F3N3O4S. The Balaban J connectivity index is 0.000000318. The summed E-state index contributed by atoms with van der Waals surface area (Å²) in [5.74, 6) is -0.720. The van der Waals surface area contributed by atoms with Gasteiger partial charge in [0.1, 0.15) is 5.69 Å². The van der Waals surface area contributed by atoms with Crippen LogP contribution in [0.4, 0.5) is 13.2 Å². The van der Waals surface area contributed by atoms with E-state index in [1.807, 2.05) is 41.3 Å². The Morgan fingerprint density at radius 2 is 2.00 bits per heavy atom. The molecule has 1 amide bonds. The molecule has 2 saturated heterocycles. The summed E-state index contributed by atoms with van der Waals surface area (Å²) in [4.78, 5) is 23.6. The molecule has 1 atom stereocenters. The number of hydrogen-bond acceptors (Lipinski definition) is 5. The van der Waals surface area contributed by atoms with Crippen LogP contribution >= 0.6 is 11.8 Å². The molecule has 30 heavy (non-hydrogen) atoms. The van der Waals surface area contributed by atoms with E-state index in [1.54, 1.807) is 0 Å². The summed E-state index contributed by atoms with van der Waals surface area (Å²) in [7, 11) is 0. The number of aryl methyl sites for hydroxylation is 2. The van der Waals surface area contributed by atoms with Crippen molar-refractivity contribution < 1.29 is 32.6 Å². The van der Waals surface area contributed by atoms with E-state index in [2.05, 4.69) is 5.10 Å². The summed E-state index contributed by atoms with van der Waals surface area (Å²) in [5, 5.41) is 11.5. The van der Waals surface area contributed by atoms with Gasteiger partial charge in [0.25, 0.3) is 5.91 Å². The molecular weight excluding hydrogens is 423 g/mol. The number of carboxylic acids is 1. The van der Waals surface area contributed by atoms with Crippen molar-refractivity contribution in [1.29, 1.82) is 0 Å². The normalized spacial score (nSPS) is 22.4. The highest BCUT2D eigenvalue weighted by atomic mass is 32.2. The lowest BCUT2D eigenvalue weighted by Crippen LogP contribution is -2.61. The summed E-state index contributed by atoms with van der Waals surface area (Å²) >= 11 is 2.00. The molecule has 3 heterocycles. The molecule has 11 heteroatoms. The molecule has 7 nitrogen and oxygen atoms in total. The van der Waals surface area contributed by atoms with Crippen LogP contribution in [0.3, 0.4) is 0 Å². The van der Waals surface area contributed by atoms with Gasteiger partial charge >= 0.3 is 12.1 Å². The monoisotopic (exact) mass is 449 g/mol. The number of alkyl halides is 3. The van der Waals surface area contributed by atoms with Gasteiger partial charge < -0.3 is 14.7 Å². The lowest BCUT2D eigenvalue weighted by Gasteiger charge is -2.47. The average molecular weight is 449 g/mol. The zero-order chi connectivity index (χ0) is 22.1. The van der Waals surface area contributed by atoms with Crippen molar-refractivity contribution in [3.8, 4) is 0 Å². The fourth-order valence-electron chi connectivity index (χ4n) is 3.60. The average Bonchev–Trinajstić information content (AvgIpc) is 3.24. The summed E-state index contributed by atoms with van der Waals surface area (Å²) in [6.07, 6.45) is -0.906. The fourth-order valence-corrected chi connectivity index (χ4v) is 5.15. The molecule has 1 aliphatic carbocycles. The predicted molar refractivity (Wildman–Crippen MR) is 105 cm³/mol. The second kappa shape index (κ2) is 8.78. The third-order valence-electron chi connectivity index (χ3n) is 5.35. The number of amides is 1. The van der Waals surface area contributed by atoms with E-state index in [-0.39, 0.29) is 10.7 Å². The van der Waals surface area contributed by atoms with Gasteiger partial charge in [-0.25, -0.2) is 4.79 Å². The molecule has 2 aliphatic heterocycles. The molecule has 1 N–H and O–H groups in total. The molecule has 4 rings (SSSR count). The van der Waals surface area contributed by atoms with Crippen molar-refractivity contribution in [2.45, 2.75) is 56.7 Å². The Bertz CT molecular complexity index is 788. The number of nitrogens with zero attached hydrogens (tertiary/aromatic N) is 3. The maximum Gasteiger partial charge on any atom is 0.490 e. The number of thioether (sulfide) groups is 1. The molecule has 0 aromatic carbocycles. The minimum atomic E-state index is -5.08. The lowest BCUT2D eigenvalue weighted by atomic mass is 9.92. The van der Waals surface area contributed by atoms with Crippen LogP contribution in [-0.2, 0) is 16.1 Å². The minimum absolute atomic E-state index is 0.126. The van der Waals surface area contributed by atoms with Crippen molar-refractivity contribution in [3.05, 3.63) is 17.5 Å². The highest BCUT2D eigenvalue weighted by Crippen LogP contribution is 2.46. The molecule has 1 aromatic heterocycles. The minimum Gasteiger partial charge on any atom is -0.475 e. The van der Waals surface area contributed by atoms with Crippen LogP contribution in [0.25, 0.3) is 0 Å². The van der Waals surface area contributed by atoms with E-state index < -0.39 is 12.1 Å². The number of carbonyl (C=O) groups excluding carboxylic acids is 1. The number of aliphatic carboxylic acids is 1. The maximum atomic E-state index is 12.7. The summed E-state index contributed by atoms with van der Waals surface area (Å²) < 4.78 is 39.8. The Morgan fingerprint density at radius 1 is 1.37 bits per heavy atom. The van der Waals surface area contributed by atoms with Crippen LogP contribution in [0.2, 0.25) is 0 Å². The van der Waals surface area contributed by atoms with Gasteiger partial charge in [0, 0.05) is 32.0 Å². The second-order valence-electron chi connectivity index (χ2n) is 8.05. The largest absolute Gasteiger partial charge is 0.490 e. The topological polar surface area (TPSA) is 84.7 Å². The standard InChI is InChI=1S/C17H25N3O2S.C2HF3O2/c1-3-20-15(6-12(2)18-20)16(21)19-10-17(11-19)7-14(9-23-17)22-8-13-4-5-13;3-2(4,5)1(6)7/h6,13-14H,3-5,7-11H2,1-2H3;(H,6,7). The highest BCUT2D eigenvalue weighted by Gasteiger charge is 2.51. The molecule has 0 bridgehead atoms. The number of aromatic nitrogens is 2. The SMILES string of the molecule is CCn1nc(C)cc1C(=O)N1CC2(CC(OCC3CC3)CS2)C1.O=C(O)C(F)(F)F. The molecule has 168 valence electrons. The zero-order valence-electron chi connectivity index (χ0n) is 16.9. The van der Waals surface area contributed by atoms with Crippen LogP contribution in [0, 0.1) is 12.8 Å². The lowest BCUT2D eigenvalue weighted by molar-refractivity contribution is -0.192. The number of carbonyl (C=O) groups is 2. The van der Waals surface area contributed by atoms with Crippen molar-refractivity contribution in [2.24, 2.45) is 5.92 Å². The Kier molecular flexibility index (Phi) is 6.71. The smallest absolute Gasteiger partial charge is 0.475 e. The van der Waals surface area contributed by atoms with Crippen molar-refractivity contribution in [1.82, 2.24) is 14.7 Å². The molecule has 1 saturated carbocycles. The Morgan fingerprint density at radius 3 is 2.53 bits per heavy atom. The van der Waals surface area contributed by atoms with Gasteiger partial charge in [-0.05, 0) is 45.1 Å². The van der Waals surface area contributed by atoms with Gasteiger partial charge in [-0.2, -0.15) is 18.3 Å². The zero-order valence-corrected chi connectivity index (χ0v) is 17.8. The van der Waals surface area contributed by atoms with Gasteiger partial charge in [0.2, 0.25) is 0 Å². The predicted octanol–water partition coefficient (Wildman–Crippen LogP) is 2.97. The third kappa shape index (κ3) is 5.48. The van der Waals surface area contributed by atoms with Crippen LogP contribution < -0.4 is 0 Å². The molecule has 3 aliphatic rings. The summed E-state index contributed by atoms with van der Waals surface area (Å²) in [6.45, 7) is 7.35. The van der Waals surface area contributed by atoms with Crippen molar-refractivity contribution >= 4 is 23.6 Å². The molecule has 1 unspecified atom stereocenters. The van der Waals surface area contributed by atoms with E-state index in [4.69, 9.17) is 14.6 Å². The van der Waals surface area contributed by atoms with Gasteiger partial charge in [0.15, 0.2) is 0 Å². The van der Waals surface area contributed by atoms with Gasteiger partial charge in [-0.1, -0.05) is 0 Å². The highest BCUT2D eigenvalue weighted by molar-refractivity contribution is 8.01. The van der Waals surface area contributed by atoms with Gasteiger partial charge in [-0.15, -0.1) is 11.8 Å². The first-order valence-corrected chi connectivity index (χ1v) is 10.9. The first kappa shape index (κ1) is 22.9. The first-order valence-electron chi connectivity index (χ1n) is 9.92. The summed E-state index contributed by atoms with van der Waals surface area (Å²) in [5.41, 5.74) is 1.64. The molecule has 1 spiro atoms. The number of ether oxygens (including phenoxy) is 1. The quantitative estimate of drug-likeness (QED) is 0.744. The van der Waals surface area contributed by atoms with Crippen molar-refractivity contribution in [2.75, 3.05) is 25.4 Å². The van der Waals surface area contributed by atoms with E-state index in [0.29, 0.717) is 6.10 Å². The van der Waals surface area contributed by atoms with Crippen molar-refractivity contribution in [3.63, 3.8) is 0 Å². The maximum absolute atomic E-state index is 12.7. The van der Waals surface area contributed by atoms with Gasteiger partial charge in [0.05, 0.1) is 16.5 Å². The first-order chi connectivity index (χ1) is 14.0. The number of likely N-dealkylation sites (tertiary alicyclic amines) is 1. The van der Waals surface area contributed by atoms with E-state index in [9.17, 15) is 18.0 Å². The van der Waals surface area contributed by atoms with Crippen LogP contribution in [-0.4, -0.2) is 74.1 Å². The Hall–Kier alpha value is -1.75. The van der Waals surface area contributed by atoms with E-state index >= 15 is 0 Å². The molecule has 3 fully saturated rings. The molecule has 0 radical (unpaired) electrons. The second-order valence-corrected chi connectivity index (χ2v) is 9.54. The third-order valence-corrected chi connectivity index (χ3v) is 6.92. The number of carboxylic acid groups (broad SMARTS) is 1. The summed E-state index contributed by atoms with van der Waals surface area (Å²) in [6, 6.07) is 1.90. The van der Waals surface area contributed by atoms with Crippen LogP contribution in [0.1, 0.15) is 42.4 Å². The van der Waals surface area contributed by atoms with Crippen LogP contribution in [0.5, 0.6) is 0 Å². The molecule has 1 aromatic rings. The van der Waals surface area contributed by atoms with E-state index in [1.165, 1.54) is 12.8 Å². The Labute approximate surface area is 176 Å². The van der Waals surface area contributed by atoms with Crippen LogP contribution in [0.15, 0.2) is 6.07 Å². The van der Waals surface area contributed by atoms with E-state index in [0.717, 1.165) is 55.7 Å². The van der Waals surface area contributed by atoms with Gasteiger partial charge in [-0.3, -0.25) is 9.48 Å². The number of hydrogen-bond donors (Lipinski definition) is 1. The fraction of sp³-hybridized carbons (Fsp3) is 0.737. The number of halogens is 3. The number of rotatable bonds is 5.